The number of benzene rings is 2. The molecule has 1 aliphatic heterocycles. The molecule has 24 heavy (non-hydrogen) atoms. The standard InChI is InChI=1S/C21H24O3/c1-13-4-6-17(9-14(13)2)19-11-18(21(23)24-12-19)10-16-5-7-20(22)15(3)8-16/h4-9,18-19,22H,10-12H2,1-3H3. The predicted molar refractivity (Wildman–Crippen MR) is 94.3 cm³/mol. The summed E-state index contributed by atoms with van der Waals surface area (Å²) in [5.41, 5.74) is 5.70. The molecule has 3 nitrogen and oxygen atoms in total. The van der Waals surface area contributed by atoms with Crippen LogP contribution >= 0.6 is 0 Å². The molecule has 2 unspecified atom stereocenters. The summed E-state index contributed by atoms with van der Waals surface area (Å²) in [6, 6.07) is 12.0. The van der Waals surface area contributed by atoms with Crippen molar-refractivity contribution in [3.63, 3.8) is 0 Å². The van der Waals surface area contributed by atoms with Crippen LogP contribution < -0.4 is 0 Å². The van der Waals surface area contributed by atoms with Gasteiger partial charge < -0.3 is 9.84 Å². The van der Waals surface area contributed by atoms with Crippen LogP contribution in [0.3, 0.4) is 0 Å². The van der Waals surface area contributed by atoms with Crippen LogP contribution in [0.1, 0.15) is 40.2 Å². The summed E-state index contributed by atoms with van der Waals surface area (Å²) in [5.74, 6) is 0.304. The van der Waals surface area contributed by atoms with Gasteiger partial charge in [0, 0.05) is 5.92 Å². The van der Waals surface area contributed by atoms with E-state index in [1.165, 1.54) is 16.7 Å². The Bertz CT molecular complexity index is 764. The van der Waals surface area contributed by atoms with Crippen molar-refractivity contribution in [3.8, 4) is 5.75 Å². The van der Waals surface area contributed by atoms with E-state index < -0.39 is 0 Å². The molecular weight excluding hydrogens is 300 g/mol. The fourth-order valence-electron chi connectivity index (χ4n) is 3.35. The number of carbonyl (C=O) groups excluding carboxylic acids is 1. The van der Waals surface area contributed by atoms with Gasteiger partial charge in [0.2, 0.25) is 0 Å². The zero-order valence-electron chi connectivity index (χ0n) is 14.5. The largest absolute Gasteiger partial charge is 0.508 e. The summed E-state index contributed by atoms with van der Waals surface area (Å²) >= 11 is 0. The van der Waals surface area contributed by atoms with Crippen LogP contribution in [0.2, 0.25) is 0 Å². The Morgan fingerprint density at radius 2 is 1.83 bits per heavy atom. The lowest BCUT2D eigenvalue weighted by Gasteiger charge is -2.29. The second-order valence-electron chi connectivity index (χ2n) is 6.93. The average molecular weight is 324 g/mol. The summed E-state index contributed by atoms with van der Waals surface area (Å²) in [6.07, 6.45) is 1.46. The van der Waals surface area contributed by atoms with E-state index in [1.807, 2.05) is 19.1 Å². The molecule has 0 amide bonds. The summed E-state index contributed by atoms with van der Waals surface area (Å²) in [6.45, 7) is 6.56. The molecule has 1 aliphatic rings. The molecule has 1 heterocycles. The Morgan fingerprint density at radius 1 is 1.04 bits per heavy atom. The third-order valence-electron chi connectivity index (χ3n) is 5.07. The molecule has 0 saturated carbocycles. The molecular formula is C21H24O3. The van der Waals surface area contributed by atoms with Crippen molar-refractivity contribution in [3.05, 3.63) is 64.2 Å². The second-order valence-corrected chi connectivity index (χ2v) is 6.93. The Kier molecular flexibility index (Phi) is 4.61. The van der Waals surface area contributed by atoms with E-state index in [0.29, 0.717) is 13.0 Å². The van der Waals surface area contributed by atoms with E-state index in [-0.39, 0.29) is 23.6 Å². The molecule has 3 rings (SSSR count). The number of rotatable bonds is 3. The number of ether oxygens (including phenoxy) is 1. The van der Waals surface area contributed by atoms with Gasteiger partial charge in [0.1, 0.15) is 5.75 Å². The number of carbonyl (C=O) groups is 1. The van der Waals surface area contributed by atoms with Crippen LogP contribution in [0, 0.1) is 26.7 Å². The van der Waals surface area contributed by atoms with Crippen molar-refractivity contribution >= 4 is 5.97 Å². The van der Waals surface area contributed by atoms with Gasteiger partial charge in [-0.2, -0.15) is 0 Å². The number of esters is 1. The highest BCUT2D eigenvalue weighted by atomic mass is 16.5. The van der Waals surface area contributed by atoms with Crippen molar-refractivity contribution in [2.24, 2.45) is 5.92 Å². The van der Waals surface area contributed by atoms with Crippen molar-refractivity contribution < 1.29 is 14.6 Å². The minimum Gasteiger partial charge on any atom is -0.508 e. The Labute approximate surface area is 143 Å². The molecule has 2 aromatic rings. The highest BCUT2D eigenvalue weighted by molar-refractivity contribution is 5.74. The van der Waals surface area contributed by atoms with Gasteiger partial charge in [0.25, 0.3) is 0 Å². The summed E-state index contributed by atoms with van der Waals surface area (Å²) in [7, 11) is 0. The van der Waals surface area contributed by atoms with E-state index in [2.05, 4.69) is 32.0 Å². The topological polar surface area (TPSA) is 46.5 Å². The third-order valence-corrected chi connectivity index (χ3v) is 5.07. The highest BCUT2D eigenvalue weighted by Gasteiger charge is 2.31. The predicted octanol–water partition coefficient (Wildman–Crippen LogP) is 4.21. The van der Waals surface area contributed by atoms with Crippen LogP contribution in [0.25, 0.3) is 0 Å². The van der Waals surface area contributed by atoms with Crippen molar-refractivity contribution in [2.75, 3.05) is 6.61 Å². The first kappa shape index (κ1) is 16.6. The fraction of sp³-hybridized carbons (Fsp3) is 0.381. The van der Waals surface area contributed by atoms with E-state index in [4.69, 9.17) is 4.74 Å². The SMILES string of the molecule is Cc1ccc(C2COC(=O)C(Cc3ccc(O)c(C)c3)C2)cc1C. The van der Waals surface area contributed by atoms with E-state index in [0.717, 1.165) is 17.5 Å². The normalized spacial score (nSPS) is 20.7. The van der Waals surface area contributed by atoms with Gasteiger partial charge >= 0.3 is 5.97 Å². The van der Waals surface area contributed by atoms with Gasteiger partial charge in [0.05, 0.1) is 12.5 Å². The van der Waals surface area contributed by atoms with Gasteiger partial charge in [-0.3, -0.25) is 4.79 Å². The maximum atomic E-state index is 12.2. The molecule has 1 N–H and O–H groups in total. The van der Waals surface area contributed by atoms with E-state index in [1.54, 1.807) is 6.07 Å². The van der Waals surface area contributed by atoms with Gasteiger partial charge in [-0.15, -0.1) is 0 Å². The lowest BCUT2D eigenvalue weighted by Crippen LogP contribution is -2.31. The molecule has 0 aliphatic carbocycles. The van der Waals surface area contributed by atoms with Gasteiger partial charge in [0.15, 0.2) is 0 Å². The highest BCUT2D eigenvalue weighted by Crippen LogP contribution is 2.32. The van der Waals surface area contributed by atoms with Crippen LogP contribution in [-0.2, 0) is 16.0 Å². The fourth-order valence-corrected chi connectivity index (χ4v) is 3.35. The Hall–Kier alpha value is -2.29. The minimum absolute atomic E-state index is 0.110. The number of aromatic hydroxyl groups is 1. The maximum absolute atomic E-state index is 12.2. The molecule has 3 heteroatoms. The van der Waals surface area contributed by atoms with Crippen LogP contribution in [0.15, 0.2) is 36.4 Å². The summed E-state index contributed by atoms with van der Waals surface area (Å²) in [4.78, 5) is 12.2. The number of phenols is 1. The molecule has 0 radical (unpaired) electrons. The van der Waals surface area contributed by atoms with E-state index >= 15 is 0 Å². The first-order chi connectivity index (χ1) is 11.4. The monoisotopic (exact) mass is 324 g/mol. The van der Waals surface area contributed by atoms with Gasteiger partial charge in [-0.05, 0) is 67.5 Å². The number of phenolic OH excluding ortho intramolecular Hbond substituents is 1. The number of hydrogen-bond donors (Lipinski definition) is 1. The summed E-state index contributed by atoms with van der Waals surface area (Å²) < 4.78 is 5.47. The molecule has 0 bridgehead atoms. The third kappa shape index (κ3) is 3.45. The lowest BCUT2D eigenvalue weighted by atomic mass is 9.83. The zero-order chi connectivity index (χ0) is 17.3. The second kappa shape index (κ2) is 6.68. The lowest BCUT2D eigenvalue weighted by molar-refractivity contribution is -0.154. The van der Waals surface area contributed by atoms with Gasteiger partial charge in [-0.25, -0.2) is 0 Å². The Balaban J connectivity index is 1.76. The first-order valence-electron chi connectivity index (χ1n) is 8.46. The molecule has 1 fully saturated rings. The van der Waals surface area contributed by atoms with Crippen LogP contribution in [0.4, 0.5) is 0 Å². The molecule has 0 spiro atoms. The van der Waals surface area contributed by atoms with Crippen LogP contribution in [0.5, 0.6) is 5.75 Å². The number of aryl methyl sites for hydroxylation is 3. The van der Waals surface area contributed by atoms with Crippen molar-refractivity contribution in [1.82, 2.24) is 0 Å². The minimum atomic E-state index is -0.130. The Morgan fingerprint density at radius 3 is 2.54 bits per heavy atom. The maximum Gasteiger partial charge on any atom is 0.309 e. The van der Waals surface area contributed by atoms with Crippen molar-refractivity contribution in [2.45, 2.75) is 39.5 Å². The molecule has 126 valence electrons. The molecule has 2 aromatic carbocycles. The molecule has 0 aromatic heterocycles. The summed E-state index contributed by atoms with van der Waals surface area (Å²) in [5, 5.41) is 9.65. The first-order valence-corrected chi connectivity index (χ1v) is 8.46. The van der Waals surface area contributed by atoms with Crippen molar-refractivity contribution in [1.29, 1.82) is 0 Å². The number of hydrogen-bond acceptors (Lipinski definition) is 3. The van der Waals surface area contributed by atoms with Gasteiger partial charge in [-0.1, -0.05) is 30.3 Å². The molecule has 2 atom stereocenters. The zero-order valence-corrected chi connectivity index (χ0v) is 14.5. The number of cyclic esters (lactones) is 1. The quantitative estimate of drug-likeness (QED) is 0.861. The smallest absolute Gasteiger partial charge is 0.309 e. The average Bonchev–Trinajstić information content (AvgIpc) is 2.56. The van der Waals surface area contributed by atoms with Crippen LogP contribution in [-0.4, -0.2) is 17.7 Å². The van der Waals surface area contributed by atoms with E-state index in [9.17, 15) is 9.90 Å². The molecule has 1 saturated heterocycles.